The van der Waals surface area contributed by atoms with Gasteiger partial charge in [-0.15, -0.1) is 10.2 Å². The average Bonchev–Trinajstić information content (AvgIpc) is 3.20. The number of thioether (sulfide) groups is 1. The molecule has 0 spiro atoms. The maximum Gasteiger partial charge on any atom is 0.231 e. The van der Waals surface area contributed by atoms with E-state index in [1.807, 2.05) is 42.5 Å². The number of ether oxygens (including phenoxy) is 2. The molecule has 0 atom stereocenters. The Hall–Kier alpha value is -2.77. The Balaban J connectivity index is 1.29. The first-order chi connectivity index (χ1) is 13.7. The Kier molecular flexibility index (Phi) is 5.64. The first kappa shape index (κ1) is 18.6. The quantitative estimate of drug-likeness (QED) is 0.617. The molecule has 8 heteroatoms. The molecule has 0 unspecified atom stereocenters. The van der Waals surface area contributed by atoms with Crippen molar-refractivity contribution in [2.75, 3.05) is 12.5 Å². The molecule has 4 rings (SSSR count). The highest BCUT2D eigenvalue weighted by atomic mass is 35.5. The lowest BCUT2D eigenvalue weighted by atomic mass is 10.1. The summed E-state index contributed by atoms with van der Waals surface area (Å²) < 4.78 is 10.7. The van der Waals surface area contributed by atoms with Crippen molar-refractivity contribution in [1.82, 2.24) is 15.5 Å². The fourth-order valence-electron chi connectivity index (χ4n) is 2.60. The van der Waals surface area contributed by atoms with Crippen molar-refractivity contribution in [2.24, 2.45) is 0 Å². The van der Waals surface area contributed by atoms with E-state index in [0.717, 1.165) is 22.6 Å². The van der Waals surface area contributed by atoms with Crippen molar-refractivity contribution < 1.29 is 14.3 Å². The van der Waals surface area contributed by atoms with Crippen LogP contribution in [0.5, 0.6) is 11.5 Å². The number of nitrogens with zero attached hydrogens (tertiary/aromatic N) is 2. The summed E-state index contributed by atoms with van der Waals surface area (Å²) in [5, 5.41) is 12.7. The number of amides is 1. The smallest absolute Gasteiger partial charge is 0.231 e. The van der Waals surface area contributed by atoms with Gasteiger partial charge in [0.05, 0.1) is 11.4 Å². The molecule has 6 nitrogen and oxygen atoms in total. The van der Waals surface area contributed by atoms with Crippen molar-refractivity contribution in [3.05, 3.63) is 65.2 Å². The van der Waals surface area contributed by atoms with Crippen molar-refractivity contribution in [3.63, 3.8) is 0 Å². The zero-order valence-corrected chi connectivity index (χ0v) is 16.3. The minimum Gasteiger partial charge on any atom is -0.454 e. The number of carbonyl (C=O) groups is 1. The molecule has 1 aliphatic heterocycles. The van der Waals surface area contributed by atoms with Crippen molar-refractivity contribution >= 4 is 29.3 Å². The van der Waals surface area contributed by atoms with Crippen molar-refractivity contribution in [1.29, 1.82) is 0 Å². The molecule has 0 fully saturated rings. The number of carbonyl (C=O) groups excluding carboxylic acids is 1. The fraction of sp³-hybridized carbons (Fsp3) is 0.150. The molecular weight excluding hydrogens is 398 g/mol. The van der Waals surface area contributed by atoms with Gasteiger partial charge >= 0.3 is 0 Å². The highest BCUT2D eigenvalue weighted by molar-refractivity contribution is 7.99. The third-order valence-electron chi connectivity index (χ3n) is 4.06. The first-order valence-corrected chi connectivity index (χ1v) is 9.91. The normalized spacial score (nSPS) is 12.0. The molecule has 1 aliphatic rings. The van der Waals surface area contributed by atoms with Gasteiger partial charge in [-0.3, -0.25) is 4.79 Å². The molecule has 2 heterocycles. The SMILES string of the molecule is O=C(CSc1ccc(-c2ccc3c(c2)OCO3)nn1)NCc1ccc(Cl)cc1. The number of hydrogen-bond donors (Lipinski definition) is 1. The van der Waals surface area contributed by atoms with Gasteiger partial charge in [0.25, 0.3) is 0 Å². The average molecular weight is 414 g/mol. The topological polar surface area (TPSA) is 73.3 Å². The van der Waals surface area contributed by atoms with Crippen LogP contribution in [0.15, 0.2) is 59.6 Å². The Morgan fingerprint density at radius 2 is 1.86 bits per heavy atom. The van der Waals surface area contributed by atoms with Crippen molar-refractivity contribution in [2.45, 2.75) is 11.6 Å². The number of fused-ring (bicyclic) bond motifs is 1. The zero-order chi connectivity index (χ0) is 19.3. The molecule has 1 N–H and O–H groups in total. The van der Waals surface area contributed by atoms with Crippen LogP contribution in [0.2, 0.25) is 5.02 Å². The van der Waals surface area contributed by atoms with E-state index in [-0.39, 0.29) is 18.5 Å². The van der Waals surface area contributed by atoms with Gasteiger partial charge in [0, 0.05) is 17.1 Å². The Morgan fingerprint density at radius 3 is 2.64 bits per heavy atom. The lowest BCUT2D eigenvalue weighted by Crippen LogP contribution is -2.24. The molecule has 142 valence electrons. The van der Waals surface area contributed by atoms with Crippen LogP contribution in [-0.2, 0) is 11.3 Å². The molecule has 2 aromatic carbocycles. The van der Waals surface area contributed by atoms with Crippen LogP contribution >= 0.6 is 23.4 Å². The van der Waals surface area contributed by atoms with E-state index >= 15 is 0 Å². The van der Waals surface area contributed by atoms with Gasteiger partial charge in [0.2, 0.25) is 12.7 Å². The second-order valence-electron chi connectivity index (χ2n) is 6.02. The fourth-order valence-corrected chi connectivity index (χ4v) is 3.37. The number of aromatic nitrogens is 2. The van der Waals surface area contributed by atoms with Gasteiger partial charge in [-0.25, -0.2) is 0 Å². The summed E-state index contributed by atoms with van der Waals surface area (Å²) in [7, 11) is 0. The van der Waals surface area contributed by atoms with Crippen molar-refractivity contribution in [3.8, 4) is 22.8 Å². The lowest BCUT2D eigenvalue weighted by molar-refractivity contribution is -0.118. The predicted octanol–water partition coefficient (Wildman–Crippen LogP) is 3.93. The second-order valence-corrected chi connectivity index (χ2v) is 7.45. The molecule has 3 aromatic rings. The summed E-state index contributed by atoms with van der Waals surface area (Å²) in [6.45, 7) is 0.700. The number of nitrogens with one attached hydrogen (secondary N) is 1. The molecule has 28 heavy (non-hydrogen) atoms. The zero-order valence-electron chi connectivity index (χ0n) is 14.7. The maximum atomic E-state index is 12.0. The summed E-state index contributed by atoms with van der Waals surface area (Å²) in [5.41, 5.74) is 2.62. The predicted molar refractivity (Wildman–Crippen MR) is 108 cm³/mol. The third-order valence-corrected chi connectivity index (χ3v) is 5.23. The molecule has 0 saturated carbocycles. The van der Waals surface area contributed by atoms with Crippen LogP contribution in [0, 0.1) is 0 Å². The summed E-state index contributed by atoms with van der Waals surface area (Å²) in [5.74, 6) is 1.64. The number of halogens is 1. The summed E-state index contributed by atoms with van der Waals surface area (Å²) in [6.07, 6.45) is 0. The van der Waals surface area contributed by atoms with Gasteiger partial charge in [-0.1, -0.05) is 35.5 Å². The second kappa shape index (κ2) is 8.50. The molecular formula is C20H16ClN3O3S. The van der Waals surface area contributed by atoms with Crippen LogP contribution in [0.1, 0.15) is 5.56 Å². The number of rotatable bonds is 6. The molecule has 1 aromatic heterocycles. The van der Waals surface area contributed by atoms with Gasteiger partial charge in [-0.05, 0) is 48.0 Å². The molecule has 1 amide bonds. The minimum absolute atomic E-state index is 0.0680. The Labute approximate surface area is 171 Å². The van der Waals surface area contributed by atoms with Gasteiger partial charge in [0.15, 0.2) is 11.5 Å². The van der Waals surface area contributed by atoms with E-state index in [9.17, 15) is 4.79 Å². The minimum atomic E-state index is -0.0680. The van der Waals surface area contributed by atoms with Crippen LogP contribution < -0.4 is 14.8 Å². The molecule has 0 saturated heterocycles. The summed E-state index contributed by atoms with van der Waals surface area (Å²) in [6, 6.07) is 16.7. The highest BCUT2D eigenvalue weighted by Gasteiger charge is 2.14. The summed E-state index contributed by atoms with van der Waals surface area (Å²) in [4.78, 5) is 12.0. The van der Waals surface area contributed by atoms with Crippen LogP contribution in [0.3, 0.4) is 0 Å². The largest absolute Gasteiger partial charge is 0.454 e. The van der Waals surface area contributed by atoms with E-state index in [2.05, 4.69) is 15.5 Å². The molecule has 0 radical (unpaired) electrons. The third kappa shape index (κ3) is 4.55. The Bertz CT molecular complexity index is 981. The van der Waals surface area contributed by atoms with E-state index in [1.54, 1.807) is 12.1 Å². The van der Waals surface area contributed by atoms with E-state index < -0.39 is 0 Å². The molecule has 0 aliphatic carbocycles. The van der Waals surface area contributed by atoms with E-state index in [0.29, 0.717) is 22.3 Å². The van der Waals surface area contributed by atoms with E-state index in [4.69, 9.17) is 21.1 Å². The van der Waals surface area contributed by atoms with E-state index in [1.165, 1.54) is 11.8 Å². The van der Waals surface area contributed by atoms with Crippen LogP contribution in [0.4, 0.5) is 0 Å². The lowest BCUT2D eigenvalue weighted by Gasteiger charge is -2.06. The van der Waals surface area contributed by atoms with Crippen LogP contribution in [-0.4, -0.2) is 28.7 Å². The summed E-state index contributed by atoms with van der Waals surface area (Å²) >= 11 is 7.19. The van der Waals surface area contributed by atoms with Gasteiger partial charge in [-0.2, -0.15) is 0 Å². The standard InChI is InChI=1S/C20H16ClN3O3S/c21-15-4-1-13(2-5-15)10-22-19(25)11-28-20-8-6-16(23-24-20)14-3-7-17-18(9-14)27-12-26-17/h1-9H,10-12H2,(H,22,25). The van der Waals surface area contributed by atoms with Gasteiger partial charge in [0.1, 0.15) is 5.03 Å². The first-order valence-electron chi connectivity index (χ1n) is 8.55. The highest BCUT2D eigenvalue weighted by Crippen LogP contribution is 2.35. The number of benzene rings is 2. The Morgan fingerprint density at radius 1 is 1.04 bits per heavy atom. The monoisotopic (exact) mass is 413 g/mol. The maximum absolute atomic E-state index is 12.0. The molecule has 0 bridgehead atoms. The van der Waals surface area contributed by atoms with Crippen LogP contribution in [0.25, 0.3) is 11.3 Å². The van der Waals surface area contributed by atoms with Gasteiger partial charge < -0.3 is 14.8 Å². The number of hydrogen-bond acceptors (Lipinski definition) is 6.